The summed E-state index contributed by atoms with van der Waals surface area (Å²) in [6, 6.07) is 8.14. The molecule has 1 aromatic rings. The molecular formula is C16H24N2O2. The summed E-state index contributed by atoms with van der Waals surface area (Å²) in [5.41, 5.74) is 1.25. The summed E-state index contributed by atoms with van der Waals surface area (Å²) in [4.78, 5) is 13.8. The molecule has 1 N–H and O–H groups in total. The number of benzene rings is 1. The lowest BCUT2D eigenvalue weighted by atomic mass is 10.1. The van der Waals surface area contributed by atoms with Crippen molar-refractivity contribution >= 4 is 5.91 Å². The van der Waals surface area contributed by atoms with Crippen LogP contribution in [0.15, 0.2) is 24.3 Å². The summed E-state index contributed by atoms with van der Waals surface area (Å²) in [6.45, 7) is 2.45. The van der Waals surface area contributed by atoms with Gasteiger partial charge >= 0.3 is 0 Å². The van der Waals surface area contributed by atoms with E-state index in [1.807, 2.05) is 12.1 Å². The third-order valence-corrected chi connectivity index (χ3v) is 3.71. The number of rotatable bonds is 8. The summed E-state index contributed by atoms with van der Waals surface area (Å²) >= 11 is 0. The van der Waals surface area contributed by atoms with E-state index < -0.39 is 0 Å². The van der Waals surface area contributed by atoms with Crippen LogP contribution < -0.4 is 10.1 Å². The van der Waals surface area contributed by atoms with Crippen LogP contribution in [0.2, 0.25) is 0 Å². The van der Waals surface area contributed by atoms with Crippen molar-refractivity contribution in [3.8, 4) is 5.75 Å². The van der Waals surface area contributed by atoms with Crippen molar-refractivity contribution in [3.63, 3.8) is 0 Å². The van der Waals surface area contributed by atoms with Crippen molar-refractivity contribution in [2.24, 2.45) is 5.92 Å². The van der Waals surface area contributed by atoms with E-state index in [1.165, 1.54) is 18.4 Å². The second-order valence-electron chi connectivity index (χ2n) is 5.45. The Morgan fingerprint density at radius 1 is 1.45 bits per heavy atom. The Morgan fingerprint density at radius 2 is 2.25 bits per heavy atom. The molecule has 20 heavy (non-hydrogen) atoms. The quantitative estimate of drug-likeness (QED) is 0.785. The molecule has 0 spiro atoms. The molecule has 4 nitrogen and oxygen atoms in total. The van der Waals surface area contributed by atoms with Gasteiger partial charge in [-0.15, -0.1) is 0 Å². The molecule has 0 aliphatic heterocycles. The number of ether oxygens (including phenoxy) is 1. The first kappa shape index (κ1) is 14.9. The number of likely N-dealkylation sites (N-methyl/N-ethyl adjacent to an activating group) is 1. The molecule has 1 amide bonds. The van der Waals surface area contributed by atoms with Crippen molar-refractivity contribution in [2.75, 3.05) is 33.8 Å². The molecule has 110 valence electrons. The smallest absolute Gasteiger partial charge is 0.233 e. The molecule has 0 heterocycles. The molecule has 4 heteroatoms. The molecular weight excluding hydrogens is 252 g/mol. The van der Waals surface area contributed by atoms with Gasteiger partial charge in [0.2, 0.25) is 5.91 Å². The van der Waals surface area contributed by atoms with E-state index in [2.05, 4.69) is 22.3 Å². The molecule has 2 rings (SSSR count). The van der Waals surface area contributed by atoms with Gasteiger partial charge in [0.1, 0.15) is 5.75 Å². The van der Waals surface area contributed by atoms with Crippen LogP contribution in [-0.4, -0.2) is 44.6 Å². The van der Waals surface area contributed by atoms with Crippen LogP contribution in [-0.2, 0) is 11.2 Å². The molecule has 1 aliphatic carbocycles. The van der Waals surface area contributed by atoms with Crippen LogP contribution in [0.4, 0.5) is 0 Å². The van der Waals surface area contributed by atoms with Crippen LogP contribution in [0.5, 0.6) is 5.75 Å². The van der Waals surface area contributed by atoms with Crippen LogP contribution >= 0.6 is 0 Å². The van der Waals surface area contributed by atoms with Gasteiger partial charge in [0, 0.05) is 20.1 Å². The van der Waals surface area contributed by atoms with Crippen molar-refractivity contribution < 1.29 is 9.53 Å². The number of hydrogen-bond acceptors (Lipinski definition) is 3. The Balaban J connectivity index is 1.87. The normalized spacial score (nSPS) is 14.3. The van der Waals surface area contributed by atoms with E-state index in [4.69, 9.17) is 4.74 Å². The highest BCUT2D eigenvalue weighted by molar-refractivity contribution is 5.77. The Labute approximate surface area is 121 Å². The van der Waals surface area contributed by atoms with Gasteiger partial charge < -0.3 is 10.1 Å². The fourth-order valence-corrected chi connectivity index (χ4v) is 2.30. The molecule has 0 unspecified atom stereocenters. The SMILES string of the molecule is CNC(=O)CN(CCc1cccc(OC)c1)CC1CC1. The number of hydrogen-bond donors (Lipinski definition) is 1. The largest absolute Gasteiger partial charge is 0.497 e. The summed E-state index contributed by atoms with van der Waals surface area (Å²) in [6.07, 6.45) is 3.56. The standard InChI is InChI=1S/C16H24N2O2/c1-17-16(19)12-18(11-14-6-7-14)9-8-13-4-3-5-15(10-13)20-2/h3-5,10,14H,6-9,11-12H2,1-2H3,(H,17,19). The third kappa shape index (κ3) is 4.85. The molecule has 0 bridgehead atoms. The van der Waals surface area contributed by atoms with E-state index in [1.54, 1.807) is 14.2 Å². The molecule has 0 aromatic heterocycles. The maximum absolute atomic E-state index is 11.6. The van der Waals surface area contributed by atoms with E-state index >= 15 is 0 Å². The minimum atomic E-state index is 0.0938. The summed E-state index contributed by atoms with van der Waals surface area (Å²) in [5.74, 6) is 1.78. The monoisotopic (exact) mass is 276 g/mol. The Kier molecular flexibility index (Phi) is 5.41. The number of carbonyl (C=O) groups excluding carboxylic acids is 1. The topological polar surface area (TPSA) is 41.6 Å². The zero-order chi connectivity index (χ0) is 14.4. The van der Waals surface area contributed by atoms with Crippen LogP contribution in [0.25, 0.3) is 0 Å². The Bertz CT molecular complexity index is 444. The van der Waals surface area contributed by atoms with E-state index in [9.17, 15) is 4.79 Å². The van der Waals surface area contributed by atoms with E-state index in [-0.39, 0.29) is 5.91 Å². The van der Waals surface area contributed by atoms with Crippen molar-refractivity contribution in [3.05, 3.63) is 29.8 Å². The predicted octanol–water partition coefficient (Wildman–Crippen LogP) is 1.70. The highest BCUT2D eigenvalue weighted by atomic mass is 16.5. The minimum Gasteiger partial charge on any atom is -0.497 e. The van der Waals surface area contributed by atoms with Crippen LogP contribution in [0.3, 0.4) is 0 Å². The second-order valence-corrected chi connectivity index (χ2v) is 5.45. The maximum Gasteiger partial charge on any atom is 0.233 e. The fraction of sp³-hybridized carbons (Fsp3) is 0.562. The highest BCUT2D eigenvalue weighted by Gasteiger charge is 2.24. The summed E-state index contributed by atoms with van der Waals surface area (Å²) in [7, 11) is 3.38. The Morgan fingerprint density at radius 3 is 2.90 bits per heavy atom. The fourth-order valence-electron chi connectivity index (χ4n) is 2.30. The van der Waals surface area contributed by atoms with Gasteiger partial charge in [0.25, 0.3) is 0 Å². The molecule has 1 fully saturated rings. The first-order valence-corrected chi connectivity index (χ1v) is 7.27. The zero-order valence-electron chi connectivity index (χ0n) is 12.4. The van der Waals surface area contributed by atoms with Gasteiger partial charge in [-0.2, -0.15) is 0 Å². The Hall–Kier alpha value is -1.55. The summed E-state index contributed by atoms with van der Waals surface area (Å²) in [5, 5.41) is 2.70. The van der Waals surface area contributed by atoms with Crippen molar-refractivity contribution in [1.82, 2.24) is 10.2 Å². The number of methoxy groups -OCH3 is 1. The predicted molar refractivity (Wildman–Crippen MR) is 79.9 cm³/mol. The van der Waals surface area contributed by atoms with Gasteiger partial charge in [0.15, 0.2) is 0 Å². The number of nitrogens with one attached hydrogen (secondary N) is 1. The third-order valence-electron chi connectivity index (χ3n) is 3.71. The molecule has 1 saturated carbocycles. The van der Waals surface area contributed by atoms with Gasteiger partial charge in [0.05, 0.1) is 13.7 Å². The van der Waals surface area contributed by atoms with Gasteiger partial charge in [-0.3, -0.25) is 9.69 Å². The lowest BCUT2D eigenvalue weighted by molar-refractivity contribution is -0.121. The van der Waals surface area contributed by atoms with Crippen LogP contribution in [0.1, 0.15) is 18.4 Å². The molecule has 0 radical (unpaired) electrons. The first-order valence-electron chi connectivity index (χ1n) is 7.27. The molecule has 0 saturated heterocycles. The minimum absolute atomic E-state index is 0.0938. The molecule has 1 aromatic carbocycles. The van der Waals surface area contributed by atoms with Gasteiger partial charge in [-0.05, 0) is 42.9 Å². The maximum atomic E-state index is 11.6. The van der Waals surface area contributed by atoms with Gasteiger partial charge in [-0.25, -0.2) is 0 Å². The second kappa shape index (κ2) is 7.29. The van der Waals surface area contributed by atoms with Crippen LogP contribution in [0, 0.1) is 5.92 Å². The average molecular weight is 276 g/mol. The number of amides is 1. The average Bonchev–Trinajstić information content (AvgIpc) is 3.28. The van der Waals surface area contributed by atoms with Crippen molar-refractivity contribution in [1.29, 1.82) is 0 Å². The lowest BCUT2D eigenvalue weighted by Gasteiger charge is -2.21. The molecule has 0 atom stereocenters. The highest BCUT2D eigenvalue weighted by Crippen LogP contribution is 2.29. The number of carbonyl (C=O) groups is 1. The molecule has 1 aliphatic rings. The van der Waals surface area contributed by atoms with Crippen molar-refractivity contribution in [2.45, 2.75) is 19.3 Å². The zero-order valence-corrected chi connectivity index (χ0v) is 12.4. The lowest BCUT2D eigenvalue weighted by Crippen LogP contribution is -2.38. The summed E-state index contributed by atoms with van der Waals surface area (Å²) < 4.78 is 5.24. The first-order chi connectivity index (χ1) is 9.71. The van der Waals surface area contributed by atoms with E-state index in [0.717, 1.165) is 31.2 Å². The number of nitrogens with zero attached hydrogens (tertiary/aromatic N) is 1. The van der Waals surface area contributed by atoms with Gasteiger partial charge in [-0.1, -0.05) is 12.1 Å². The van der Waals surface area contributed by atoms with E-state index in [0.29, 0.717) is 6.54 Å².